The first-order valence-corrected chi connectivity index (χ1v) is 38.4. The van der Waals surface area contributed by atoms with Crippen LogP contribution in [0.2, 0.25) is 0 Å². The minimum absolute atomic E-state index is 1.01. The van der Waals surface area contributed by atoms with Crippen LogP contribution in [0.15, 0.2) is 328 Å². The lowest BCUT2D eigenvalue weighted by Crippen LogP contribution is -2.18. The minimum atomic E-state index is 1.01. The van der Waals surface area contributed by atoms with Gasteiger partial charge in [-0.25, -0.2) is 0 Å². The largest absolute Gasteiger partial charge is 0.310 e. The highest BCUT2D eigenvalue weighted by Gasteiger charge is 2.35. The highest BCUT2D eigenvalue weighted by atomic mass is 15.2. The van der Waals surface area contributed by atoms with E-state index < -0.39 is 0 Å². The maximum absolute atomic E-state index is 2.55. The van der Waals surface area contributed by atoms with E-state index in [0.717, 1.165) is 145 Å². The third-order valence-electron chi connectivity index (χ3n) is 21.9. The van der Waals surface area contributed by atoms with E-state index in [0.29, 0.717) is 0 Å². The fraction of sp³-hybridized carbons (Fsp3) is 0.115. The van der Waals surface area contributed by atoms with Gasteiger partial charge in [-0.05, 0) is 264 Å². The molecule has 0 saturated heterocycles. The third kappa shape index (κ3) is 13.1. The average Bonchev–Trinajstić information content (AvgIpc) is 0.678. The summed E-state index contributed by atoms with van der Waals surface area (Å²) in [5, 5.41) is 8.75. The molecule has 0 aliphatic rings. The average molecular weight is 1420 g/mol. The summed E-state index contributed by atoms with van der Waals surface area (Å²) >= 11 is 0. The van der Waals surface area contributed by atoms with E-state index in [1.54, 1.807) is 0 Å². The lowest BCUT2D eigenvalue weighted by Gasteiger charge is -2.37. The van der Waals surface area contributed by atoms with Crippen LogP contribution in [0.25, 0.3) is 43.1 Å². The molecule has 6 heteroatoms. The van der Waals surface area contributed by atoms with Crippen molar-refractivity contribution in [3.63, 3.8) is 0 Å². The second-order valence-corrected chi connectivity index (χ2v) is 30.4. The molecule has 17 aromatic rings. The number of hydrogen-bond donors (Lipinski definition) is 0. The molecule has 0 radical (unpaired) electrons. The van der Waals surface area contributed by atoms with Crippen LogP contribution in [-0.2, 0) is 0 Å². The van der Waals surface area contributed by atoms with E-state index in [1.807, 2.05) is 0 Å². The van der Waals surface area contributed by atoms with Crippen molar-refractivity contribution in [1.29, 1.82) is 0 Å². The molecule has 0 amide bonds. The van der Waals surface area contributed by atoms with Crippen molar-refractivity contribution >= 4 is 145 Å². The zero-order valence-electron chi connectivity index (χ0n) is 64.9. The van der Waals surface area contributed by atoms with Gasteiger partial charge in [0.2, 0.25) is 0 Å². The Morgan fingerprint density at radius 1 is 0.118 bits per heavy atom. The first-order chi connectivity index (χ1) is 53.5. The van der Waals surface area contributed by atoms with E-state index in [4.69, 9.17) is 0 Å². The van der Waals surface area contributed by atoms with Gasteiger partial charge >= 0.3 is 0 Å². The molecule has 536 valence electrons. The van der Waals surface area contributed by atoms with E-state index in [1.165, 1.54) is 66.8 Å². The molecule has 17 rings (SSSR count). The van der Waals surface area contributed by atoms with Crippen LogP contribution in [0, 0.1) is 83.1 Å². The fourth-order valence-electron chi connectivity index (χ4n) is 16.0. The van der Waals surface area contributed by atoms with Crippen molar-refractivity contribution in [2.45, 2.75) is 83.1 Å². The Morgan fingerprint density at radius 2 is 0.245 bits per heavy atom. The summed E-state index contributed by atoms with van der Waals surface area (Å²) in [5.74, 6) is 0. The molecule has 110 heavy (non-hydrogen) atoms. The fourth-order valence-corrected chi connectivity index (χ4v) is 16.0. The number of benzene rings is 17. The van der Waals surface area contributed by atoms with Gasteiger partial charge < -0.3 is 29.4 Å². The molecule has 0 aliphatic heterocycles. The topological polar surface area (TPSA) is 19.4 Å². The van der Waals surface area contributed by atoms with Gasteiger partial charge in [0.05, 0.1) is 34.1 Å². The van der Waals surface area contributed by atoms with Crippen LogP contribution in [-0.4, -0.2) is 0 Å². The molecule has 0 spiro atoms. The van der Waals surface area contributed by atoms with E-state index >= 15 is 0 Å². The van der Waals surface area contributed by atoms with Crippen molar-refractivity contribution in [3.05, 3.63) is 394 Å². The van der Waals surface area contributed by atoms with E-state index in [-0.39, 0.29) is 0 Å². The molecule has 0 saturated carbocycles. The van der Waals surface area contributed by atoms with Gasteiger partial charge in [0.15, 0.2) is 0 Å². The first kappa shape index (κ1) is 69.9. The van der Waals surface area contributed by atoms with Crippen LogP contribution in [0.1, 0.15) is 66.8 Å². The normalized spacial score (nSPS) is 11.5. The van der Waals surface area contributed by atoms with Crippen LogP contribution in [0.5, 0.6) is 0 Å². The SMILES string of the molecule is Cc1ccc(N(c2ccc(C)cc2)c2ccc3c4c(N(c5ccc(C)cc5)c5ccc(C)cc5)cc(N(c5ccc(C)cc5)c5ccc(C)cc5)c5c(N(c6ccc(C)cc6)c6ccc(C)cc6)ccc(c6c(N(c7ccc(C)cc7)c7ccc(C)cc7)cc(N(c7ccc(C)cc7)c7ccc(C)cc7)c2c36)c54)cc1. The molecule has 0 unspecified atom stereocenters. The lowest BCUT2D eigenvalue weighted by molar-refractivity contribution is 1.24. The monoisotopic (exact) mass is 1420 g/mol. The Balaban J connectivity index is 1.19. The Kier molecular flexibility index (Phi) is 18.3. The van der Waals surface area contributed by atoms with Gasteiger partial charge in [0.25, 0.3) is 0 Å². The van der Waals surface area contributed by atoms with Crippen LogP contribution in [0.4, 0.5) is 102 Å². The summed E-state index contributed by atoms with van der Waals surface area (Å²) < 4.78 is 0. The van der Waals surface area contributed by atoms with Gasteiger partial charge in [-0.3, -0.25) is 0 Å². The van der Waals surface area contributed by atoms with Gasteiger partial charge in [-0.15, -0.1) is 0 Å². The molecular formula is C104H90N6. The molecule has 0 atom stereocenters. The zero-order valence-corrected chi connectivity index (χ0v) is 64.9. The smallest absolute Gasteiger partial charge is 0.0582 e. The summed E-state index contributed by atoms with van der Waals surface area (Å²) in [5.41, 5.74) is 32.7. The predicted molar refractivity (Wildman–Crippen MR) is 473 cm³/mol. The van der Waals surface area contributed by atoms with Crippen LogP contribution < -0.4 is 29.4 Å². The molecule has 0 N–H and O–H groups in total. The van der Waals surface area contributed by atoms with E-state index in [9.17, 15) is 0 Å². The molecular weight excluding hydrogens is 1330 g/mol. The van der Waals surface area contributed by atoms with Crippen molar-refractivity contribution in [2.24, 2.45) is 0 Å². The van der Waals surface area contributed by atoms with Gasteiger partial charge in [-0.2, -0.15) is 0 Å². The van der Waals surface area contributed by atoms with Gasteiger partial charge in [0.1, 0.15) is 0 Å². The van der Waals surface area contributed by atoms with Crippen LogP contribution >= 0.6 is 0 Å². The second-order valence-electron chi connectivity index (χ2n) is 30.4. The minimum Gasteiger partial charge on any atom is -0.310 e. The number of aryl methyl sites for hydroxylation is 12. The Morgan fingerprint density at radius 3 is 0.391 bits per heavy atom. The maximum Gasteiger partial charge on any atom is 0.0582 e. The molecule has 17 aromatic carbocycles. The number of fused-ring (bicyclic) bond motifs is 2. The predicted octanol–water partition coefficient (Wildman–Crippen LogP) is 30.3. The maximum atomic E-state index is 2.55. The number of anilines is 18. The van der Waals surface area contributed by atoms with E-state index in [2.05, 4.69) is 440 Å². The third-order valence-corrected chi connectivity index (χ3v) is 21.9. The molecule has 0 bridgehead atoms. The lowest BCUT2D eigenvalue weighted by atomic mass is 9.84. The van der Waals surface area contributed by atoms with Crippen LogP contribution in [0.3, 0.4) is 0 Å². The van der Waals surface area contributed by atoms with Crippen molar-refractivity contribution < 1.29 is 0 Å². The number of hydrogen-bond acceptors (Lipinski definition) is 6. The first-order valence-electron chi connectivity index (χ1n) is 38.4. The summed E-state index contributed by atoms with van der Waals surface area (Å²) in [6.07, 6.45) is 0. The summed E-state index contributed by atoms with van der Waals surface area (Å²) in [7, 11) is 0. The number of rotatable bonds is 18. The zero-order chi connectivity index (χ0) is 75.6. The molecule has 6 nitrogen and oxygen atoms in total. The standard InChI is InChI=1S/C104H90N6/c1-67-13-37-79(38-14-67)105(80-39-15-68(2)16-40-80)93-63-61-91-100-96(108(85-49-25-73(7)26-50-85)86-51-27-74(8)28-52-86)66-98(110(89-57-33-77(11)34-58-89)90-59-35-78(12)36-60-90)104-94(106(81-41-17-69(3)18-42-81)82-43-19-70(4)20-44-82)64-62-92(102(100)104)99-95(107(83-45-21-71(5)22-46-83)84-47-23-72(6)24-48-84)65-97(103(93)101(91)99)109(87-53-29-75(9)30-54-87)88-55-31-76(10)32-56-88/h13-66H,1-12H3. The molecule has 0 aromatic heterocycles. The highest BCUT2D eigenvalue weighted by Crippen LogP contribution is 2.61. The molecule has 0 aliphatic carbocycles. The van der Waals surface area contributed by atoms with Gasteiger partial charge in [-0.1, -0.05) is 224 Å². The Hall–Kier alpha value is -13.2. The Labute approximate surface area is 648 Å². The summed E-state index contributed by atoms with van der Waals surface area (Å²) in [6, 6.07) is 124. The quantitative estimate of drug-likeness (QED) is 0.0625. The summed E-state index contributed by atoms with van der Waals surface area (Å²) in [4.78, 5) is 15.2. The van der Waals surface area contributed by atoms with Crippen molar-refractivity contribution in [1.82, 2.24) is 0 Å². The summed E-state index contributed by atoms with van der Waals surface area (Å²) in [6.45, 7) is 26.2. The molecule has 0 fully saturated rings. The second kappa shape index (κ2) is 28.9. The highest BCUT2D eigenvalue weighted by molar-refractivity contribution is 6.43. The van der Waals surface area contributed by atoms with Crippen molar-refractivity contribution in [3.8, 4) is 0 Å². The molecule has 0 heterocycles. The Bertz CT molecular complexity index is 5530. The van der Waals surface area contributed by atoms with Crippen molar-refractivity contribution in [2.75, 3.05) is 29.4 Å². The van der Waals surface area contributed by atoms with Gasteiger partial charge in [0, 0.05) is 101 Å². The number of nitrogens with zero attached hydrogens (tertiary/aromatic N) is 6.